The maximum atomic E-state index is 13.0. The molecular weight excluding hydrogens is 208 g/mol. The first-order valence-electron chi connectivity index (χ1n) is 5.77. The lowest BCUT2D eigenvalue weighted by Gasteiger charge is -2.21. The second kappa shape index (κ2) is 5.94. The van der Waals surface area contributed by atoms with Crippen molar-refractivity contribution >= 4 is 0 Å². The van der Waals surface area contributed by atoms with E-state index in [4.69, 9.17) is 5.73 Å². The van der Waals surface area contributed by atoms with Crippen LogP contribution in [0.15, 0.2) is 18.2 Å². The lowest BCUT2D eigenvalue weighted by atomic mass is 9.90. The smallest absolute Gasteiger partial charge is 0.126 e. The van der Waals surface area contributed by atoms with Gasteiger partial charge in [-0.15, -0.1) is 0 Å². The van der Waals surface area contributed by atoms with E-state index in [0.29, 0.717) is 17.9 Å². The van der Waals surface area contributed by atoms with Crippen LogP contribution in [0.2, 0.25) is 0 Å². The van der Waals surface area contributed by atoms with Gasteiger partial charge in [0.15, 0.2) is 0 Å². The largest absolute Gasteiger partial charge is 0.327 e. The Labute approximate surface area is 95.7 Å². The molecule has 0 saturated heterocycles. The predicted octanol–water partition coefficient (Wildman–Crippen LogP) is 3.27. The minimum absolute atomic E-state index is 0.0313. The zero-order chi connectivity index (χ0) is 12.1. The van der Waals surface area contributed by atoms with Gasteiger partial charge in [-0.05, 0) is 30.0 Å². The molecule has 0 aliphatic heterocycles. The van der Waals surface area contributed by atoms with Crippen LogP contribution in [-0.4, -0.2) is 6.04 Å². The fraction of sp³-hybridized carbons (Fsp3) is 0.538. The number of halogens is 2. The fourth-order valence-electron chi connectivity index (χ4n) is 2.06. The Morgan fingerprint density at radius 2 is 1.56 bits per heavy atom. The molecule has 0 radical (unpaired) electrons. The molecule has 0 aliphatic rings. The second-order valence-corrected chi connectivity index (χ2v) is 4.22. The Morgan fingerprint density at radius 1 is 1.06 bits per heavy atom. The van der Waals surface area contributed by atoms with Crippen LogP contribution in [0.25, 0.3) is 0 Å². The van der Waals surface area contributed by atoms with Crippen LogP contribution in [-0.2, 0) is 6.42 Å². The Balaban J connectivity index is 2.72. The molecule has 0 heterocycles. The van der Waals surface area contributed by atoms with E-state index in [0.717, 1.165) is 18.9 Å². The molecule has 16 heavy (non-hydrogen) atoms. The lowest BCUT2D eigenvalue weighted by molar-refractivity contribution is 0.392. The molecule has 1 aromatic rings. The topological polar surface area (TPSA) is 26.0 Å². The molecule has 0 aliphatic carbocycles. The number of hydrogen-bond donors (Lipinski definition) is 1. The predicted molar refractivity (Wildman–Crippen MR) is 62.1 cm³/mol. The molecule has 1 atom stereocenters. The summed E-state index contributed by atoms with van der Waals surface area (Å²) in [6.07, 6.45) is 2.52. The van der Waals surface area contributed by atoms with E-state index in [1.165, 1.54) is 12.1 Å². The minimum Gasteiger partial charge on any atom is -0.327 e. The Kier molecular flexibility index (Phi) is 4.87. The summed E-state index contributed by atoms with van der Waals surface area (Å²) in [5.41, 5.74) is 6.66. The molecule has 1 unspecified atom stereocenters. The maximum Gasteiger partial charge on any atom is 0.126 e. The average Bonchev–Trinajstić information content (AvgIpc) is 2.17. The number of rotatable bonds is 5. The number of nitrogens with two attached hydrogens (primary N) is 1. The fourth-order valence-corrected chi connectivity index (χ4v) is 2.06. The van der Waals surface area contributed by atoms with Crippen LogP contribution in [0.1, 0.15) is 32.3 Å². The monoisotopic (exact) mass is 227 g/mol. The molecular formula is C13H19F2N. The Hall–Kier alpha value is -0.960. The molecule has 0 aromatic heterocycles. The molecule has 0 amide bonds. The van der Waals surface area contributed by atoms with Gasteiger partial charge in [0.25, 0.3) is 0 Å². The van der Waals surface area contributed by atoms with E-state index in [1.54, 1.807) is 0 Å². The zero-order valence-electron chi connectivity index (χ0n) is 9.84. The highest BCUT2D eigenvalue weighted by atomic mass is 19.1. The summed E-state index contributed by atoms with van der Waals surface area (Å²) in [6.45, 7) is 4.17. The van der Waals surface area contributed by atoms with Crippen LogP contribution in [0, 0.1) is 17.6 Å². The summed E-state index contributed by atoms with van der Waals surface area (Å²) in [5.74, 6) is -0.662. The van der Waals surface area contributed by atoms with Crippen molar-refractivity contribution in [3.8, 4) is 0 Å². The summed E-state index contributed by atoms with van der Waals surface area (Å²) in [5, 5.41) is 0. The van der Waals surface area contributed by atoms with Gasteiger partial charge in [-0.25, -0.2) is 8.78 Å². The first kappa shape index (κ1) is 13.1. The van der Waals surface area contributed by atoms with E-state index >= 15 is 0 Å². The molecule has 90 valence electrons. The molecule has 0 spiro atoms. The second-order valence-electron chi connectivity index (χ2n) is 4.22. The Morgan fingerprint density at radius 3 is 2.00 bits per heavy atom. The van der Waals surface area contributed by atoms with Crippen molar-refractivity contribution < 1.29 is 8.78 Å². The van der Waals surface area contributed by atoms with Gasteiger partial charge in [-0.3, -0.25) is 0 Å². The summed E-state index contributed by atoms with van der Waals surface area (Å²) in [4.78, 5) is 0. The summed E-state index contributed by atoms with van der Waals surface area (Å²) in [6, 6.07) is 3.55. The van der Waals surface area contributed by atoms with Gasteiger partial charge >= 0.3 is 0 Å². The summed E-state index contributed by atoms with van der Waals surface area (Å²) >= 11 is 0. The summed E-state index contributed by atoms with van der Waals surface area (Å²) in [7, 11) is 0. The third-order valence-corrected chi connectivity index (χ3v) is 3.05. The SMILES string of the molecule is CCC(CC)C(N)Cc1cc(F)cc(F)c1. The minimum atomic E-state index is -0.535. The molecule has 0 saturated carbocycles. The van der Waals surface area contributed by atoms with Crippen LogP contribution < -0.4 is 5.73 Å². The van der Waals surface area contributed by atoms with Crippen molar-refractivity contribution in [2.45, 2.75) is 39.2 Å². The molecule has 0 bridgehead atoms. The van der Waals surface area contributed by atoms with Crippen LogP contribution in [0.4, 0.5) is 8.78 Å². The van der Waals surface area contributed by atoms with Gasteiger partial charge < -0.3 is 5.73 Å². The summed E-state index contributed by atoms with van der Waals surface area (Å²) < 4.78 is 25.9. The lowest BCUT2D eigenvalue weighted by Crippen LogP contribution is -2.31. The van der Waals surface area contributed by atoms with Gasteiger partial charge in [0, 0.05) is 12.1 Å². The number of hydrogen-bond acceptors (Lipinski definition) is 1. The highest BCUT2D eigenvalue weighted by molar-refractivity contribution is 5.19. The standard InChI is InChI=1S/C13H19F2N/c1-3-10(4-2)13(16)7-9-5-11(14)8-12(15)6-9/h5-6,8,10,13H,3-4,7,16H2,1-2H3. The maximum absolute atomic E-state index is 13.0. The van der Waals surface area contributed by atoms with Gasteiger partial charge in [0.2, 0.25) is 0 Å². The van der Waals surface area contributed by atoms with Crippen LogP contribution in [0.5, 0.6) is 0 Å². The highest BCUT2D eigenvalue weighted by Gasteiger charge is 2.15. The third kappa shape index (κ3) is 3.56. The van der Waals surface area contributed by atoms with Gasteiger partial charge in [0.05, 0.1) is 0 Å². The van der Waals surface area contributed by atoms with Crippen molar-refractivity contribution in [2.75, 3.05) is 0 Å². The molecule has 2 N–H and O–H groups in total. The van der Waals surface area contributed by atoms with E-state index in [9.17, 15) is 8.78 Å². The van der Waals surface area contributed by atoms with Gasteiger partial charge in [0.1, 0.15) is 11.6 Å². The first-order chi connectivity index (χ1) is 7.56. The normalized spacial score (nSPS) is 13.1. The van der Waals surface area contributed by atoms with Crippen molar-refractivity contribution in [3.63, 3.8) is 0 Å². The van der Waals surface area contributed by atoms with Crippen LogP contribution in [0.3, 0.4) is 0 Å². The molecule has 3 heteroatoms. The van der Waals surface area contributed by atoms with E-state index in [2.05, 4.69) is 13.8 Å². The van der Waals surface area contributed by atoms with Crippen molar-refractivity contribution in [2.24, 2.45) is 11.7 Å². The van der Waals surface area contributed by atoms with E-state index in [-0.39, 0.29) is 6.04 Å². The van der Waals surface area contributed by atoms with Gasteiger partial charge in [-0.2, -0.15) is 0 Å². The van der Waals surface area contributed by atoms with E-state index < -0.39 is 11.6 Å². The number of benzene rings is 1. The zero-order valence-corrected chi connectivity index (χ0v) is 9.84. The van der Waals surface area contributed by atoms with Crippen molar-refractivity contribution in [3.05, 3.63) is 35.4 Å². The average molecular weight is 227 g/mol. The van der Waals surface area contributed by atoms with Crippen LogP contribution >= 0.6 is 0 Å². The van der Waals surface area contributed by atoms with Crippen molar-refractivity contribution in [1.82, 2.24) is 0 Å². The highest BCUT2D eigenvalue weighted by Crippen LogP contribution is 2.17. The third-order valence-electron chi connectivity index (χ3n) is 3.05. The quantitative estimate of drug-likeness (QED) is 0.820. The molecule has 1 aromatic carbocycles. The molecule has 1 rings (SSSR count). The first-order valence-corrected chi connectivity index (χ1v) is 5.77. The molecule has 1 nitrogen and oxygen atoms in total. The van der Waals surface area contributed by atoms with Gasteiger partial charge in [-0.1, -0.05) is 26.7 Å². The van der Waals surface area contributed by atoms with Crippen molar-refractivity contribution in [1.29, 1.82) is 0 Å². The Bertz CT molecular complexity index is 314. The molecule has 0 fully saturated rings. The van der Waals surface area contributed by atoms with E-state index in [1.807, 2.05) is 0 Å².